The third-order valence-corrected chi connectivity index (χ3v) is 6.72. The number of urea groups is 2. The lowest BCUT2D eigenvalue weighted by Crippen LogP contribution is -2.45. The zero-order chi connectivity index (χ0) is 27.8. The van der Waals surface area contributed by atoms with Gasteiger partial charge in [0, 0.05) is 33.1 Å². The van der Waals surface area contributed by atoms with E-state index in [4.69, 9.17) is 0 Å². The van der Waals surface area contributed by atoms with Crippen molar-refractivity contribution in [2.75, 3.05) is 26.2 Å². The van der Waals surface area contributed by atoms with Crippen molar-refractivity contribution in [1.29, 1.82) is 0 Å². The Balaban J connectivity index is 1.86. The Morgan fingerprint density at radius 1 is 0.821 bits per heavy atom. The summed E-state index contributed by atoms with van der Waals surface area (Å²) in [5.41, 5.74) is 0.142. The van der Waals surface area contributed by atoms with Gasteiger partial charge in [-0.3, -0.25) is 14.4 Å². The highest BCUT2D eigenvalue weighted by molar-refractivity contribution is 6.33. The normalized spacial score (nSPS) is 16.0. The highest BCUT2D eigenvalue weighted by atomic mass is 16.2. The van der Waals surface area contributed by atoms with Crippen LogP contribution in [0.2, 0.25) is 0 Å². The van der Waals surface area contributed by atoms with Gasteiger partial charge in [-0.25, -0.2) is 14.5 Å². The van der Waals surface area contributed by atoms with Gasteiger partial charge in [-0.1, -0.05) is 60.7 Å². The molecule has 2 aromatic rings. The number of hydrogen-bond donors (Lipinski definition) is 1. The highest BCUT2D eigenvalue weighted by Crippen LogP contribution is 2.27. The molecule has 2 aromatic carbocycles. The Morgan fingerprint density at radius 2 is 1.36 bits per heavy atom. The lowest BCUT2D eigenvalue weighted by molar-refractivity contribution is -0.124. The SMILES string of the molecule is CC(=O)N(C(=O)N1CCCC1)C([C]=O)=C(C(=O)C(=Cc1ccccc1)NC(=O)N1CCCC1)c1ccccc1. The number of allylic oxidation sites excluding steroid dienone is 2. The molecule has 0 aromatic heterocycles. The van der Waals surface area contributed by atoms with E-state index < -0.39 is 29.4 Å². The van der Waals surface area contributed by atoms with Crippen LogP contribution in [0.25, 0.3) is 11.6 Å². The van der Waals surface area contributed by atoms with Crippen LogP contribution in [0.15, 0.2) is 72.1 Å². The molecule has 201 valence electrons. The Bertz CT molecular complexity index is 1290. The third-order valence-electron chi connectivity index (χ3n) is 6.72. The molecule has 0 saturated carbocycles. The lowest BCUT2D eigenvalue weighted by atomic mass is 9.96. The Kier molecular flexibility index (Phi) is 9.04. The summed E-state index contributed by atoms with van der Waals surface area (Å²) in [6.07, 6.45) is 6.51. The minimum absolute atomic E-state index is 0.0955. The first-order valence-electron chi connectivity index (χ1n) is 13.1. The van der Waals surface area contributed by atoms with Crippen LogP contribution in [0, 0.1) is 0 Å². The predicted octanol–water partition coefficient (Wildman–Crippen LogP) is 3.99. The van der Waals surface area contributed by atoms with Crippen molar-refractivity contribution in [1.82, 2.24) is 20.0 Å². The van der Waals surface area contributed by atoms with E-state index in [1.807, 2.05) is 6.07 Å². The van der Waals surface area contributed by atoms with E-state index in [0.29, 0.717) is 42.2 Å². The second-order valence-corrected chi connectivity index (χ2v) is 9.44. The van der Waals surface area contributed by atoms with Gasteiger partial charge in [0.25, 0.3) is 6.29 Å². The number of imide groups is 1. The van der Waals surface area contributed by atoms with E-state index in [1.165, 1.54) is 11.0 Å². The summed E-state index contributed by atoms with van der Waals surface area (Å²) in [6, 6.07) is 16.1. The molecule has 9 heteroatoms. The monoisotopic (exact) mass is 527 g/mol. The van der Waals surface area contributed by atoms with Gasteiger partial charge in [0.05, 0.1) is 11.3 Å². The number of nitrogens with zero attached hydrogens (tertiary/aromatic N) is 3. The molecule has 2 heterocycles. The predicted molar refractivity (Wildman–Crippen MR) is 147 cm³/mol. The maximum Gasteiger partial charge on any atom is 0.331 e. The molecule has 9 nitrogen and oxygen atoms in total. The van der Waals surface area contributed by atoms with Crippen molar-refractivity contribution in [3.63, 3.8) is 0 Å². The van der Waals surface area contributed by atoms with Gasteiger partial charge < -0.3 is 15.1 Å². The highest BCUT2D eigenvalue weighted by Gasteiger charge is 2.34. The molecule has 2 saturated heterocycles. The third kappa shape index (κ3) is 6.49. The van der Waals surface area contributed by atoms with E-state index in [-0.39, 0.29) is 11.3 Å². The summed E-state index contributed by atoms with van der Waals surface area (Å²) in [5, 5.41) is 2.72. The van der Waals surface area contributed by atoms with Gasteiger partial charge in [-0.15, -0.1) is 0 Å². The molecular weight excluding hydrogens is 496 g/mol. The van der Waals surface area contributed by atoms with E-state index in [9.17, 15) is 24.0 Å². The van der Waals surface area contributed by atoms with Gasteiger partial charge in [0.1, 0.15) is 5.70 Å². The maximum atomic E-state index is 14.3. The standard InChI is InChI=1S/C30H31N4O5/c1-22(36)34(30(39)33-18-10-11-19-33)26(21-35)27(24-14-6-3-7-15-24)28(37)25(20-23-12-4-2-5-13-23)31-29(38)32-16-8-9-17-32/h2-7,12-15,20H,8-11,16-19H2,1H3,(H,31,38). The molecule has 39 heavy (non-hydrogen) atoms. The average Bonchev–Trinajstić information content (AvgIpc) is 3.68. The molecule has 5 amide bonds. The van der Waals surface area contributed by atoms with Gasteiger partial charge in [-0.2, -0.15) is 0 Å². The summed E-state index contributed by atoms with van der Waals surface area (Å²) < 4.78 is 0. The fraction of sp³-hybridized carbons (Fsp3) is 0.300. The molecule has 0 bridgehead atoms. The number of nitrogens with one attached hydrogen (secondary N) is 1. The Labute approximate surface area is 227 Å². The molecule has 4 rings (SSSR count). The van der Waals surface area contributed by atoms with Crippen LogP contribution in [-0.4, -0.2) is 70.9 Å². The second kappa shape index (κ2) is 12.8. The molecular formula is C30H31N4O5. The van der Waals surface area contributed by atoms with Gasteiger partial charge in [0.2, 0.25) is 11.7 Å². The van der Waals surface area contributed by atoms with Crippen LogP contribution in [0.4, 0.5) is 9.59 Å². The first-order chi connectivity index (χ1) is 18.9. The van der Waals surface area contributed by atoms with Crippen LogP contribution in [0.3, 0.4) is 0 Å². The Hall–Kier alpha value is -4.53. The summed E-state index contributed by atoms with van der Waals surface area (Å²) in [5.74, 6) is -1.45. The molecule has 0 unspecified atom stereocenters. The molecule has 1 radical (unpaired) electrons. The van der Waals surface area contributed by atoms with Crippen molar-refractivity contribution in [2.24, 2.45) is 0 Å². The number of rotatable bonds is 7. The molecule has 1 N–H and O–H groups in total. The van der Waals surface area contributed by atoms with Gasteiger partial charge >= 0.3 is 12.1 Å². The first kappa shape index (κ1) is 27.5. The molecule has 0 spiro atoms. The van der Waals surface area contributed by atoms with E-state index in [1.54, 1.807) is 65.8 Å². The quantitative estimate of drug-likeness (QED) is 0.548. The van der Waals surface area contributed by atoms with Crippen LogP contribution in [-0.2, 0) is 14.4 Å². The first-order valence-corrected chi connectivity index (χ1v) is 13.1. The van der Waals surface area contributed by atoms with Crippen LogP contribution < -0.4 is 5.32 Å². The summed E-state index contributed by atoms with van der Waals surface area (Å²) >= 11 is 0. The van der Waals surface area contributed by atoms with Crippen LogP contribution in [0.5, 0.6) is 0 Å². The number of benzene rings is 2. The molecule has 2 fully saturated rings. The number of hydrogen-bond acceptors (Lipinski definition) is 5. The van der Waals surface area contributed by atoms with Crippen molar-refractivity contribution in [2.45, 2.75) is 32.6 Å². The maximum absolute atomic E-state index is 14.3. The topological polar surface area (TPSA) is 107 Å². The van der Waals surface area contributed by atoms with Gasteiger partial charge in [-0.05, 0) is 42.9 Å². The number of carbonyl (C=O) groups excluding carboxylic acids is 5. The van der Waals surface area contributed by atoms with Crippen LogP contribution >= 0.6 is 0 Å². The van der Waals surface area contributed by atoms with Crippen molar-refractivity contribution < 1.29 is 24.0 Å². The number of amides is 5. The average molecular weight is 528 g/mol. The fourth-order valence-corrected chi connectivity index (χ4v) is 4.75. The van der Waals surface area contributed by atoms with Crippen molar-refractivity contribution >= 4 is 41.7 Å². The molecule has 2 aliphatic rings. The minimum Gasteiger partial charge on any atom is -0.325 e. The summed E-state index contributed by atoms with van der Waals surface area (Å²) in [6.45, 7) is 3.17. The smallest absolute Gasteiger partial charge is 0.325 e. The minimum atomic E-state index is -0.726. The van der Waals surface area contributed by atoms with Crippen molar-refractivity contribution in [3.05, 3.63) is 83.2 Å². The number of likely N-dealkylation sites (tertiary alicyclic amines) is 2. The van der Waals surface area contributed by atoms with E-state index in [0.717, 1.165) is 32.6 Å². The molecule has 0 atom stereocenters. The summed E-state index contributed by atoms with van der Waals surface area (Å²) in [7, 11) is 0. The number of carbonyl (C=O) groups is 4. The van der Waals surface area contributed by atoms with Crippen molar-refractivity contribution in [3.8, 4) is 0 Å². The van der Waals surface area contributed by atoms with Gasteiger partial charge in [0.15, 0.2) is 0 Å². The number of ketones is 1. The zero-order valence-corrected chi connectivity index (χ0v) is 21.9. The van der Waals surface area contributed by atoms with Crippen LogP contribution in [0.1, 0.15) is 43.7 Å². The Morgan fingerprint density at radius 3 is 1.90 bits per heavy atom. The number of Topliss-reactive ketones (excluding diaryl/α,β-unsaturated/α-hetero) is 1. The lowest BCUT2D eigenvalue weighted by Gasteiger charge is -2.27. The van der Waals surface area contributed by atoms with E-state index >= 15 is 0 Å². The van der Waals surface area contributed by atoms with E-state index in [2.05, 4.69) is 5.32 Å². The molecule has 2 aliphatic heterocycles. The largest absolute Gasteiger partial charge is 0.331 e. The second-order valence-electron chi connectivity index (χ2n) is 9.44. The summed E-state index contributed by atoms with van der Waals surface area (Å²) in [4.78, 5) is 69.8. The molecule has 0 aliphatic carbocycles. The zero-order valence-electron chi connectivity index (χ0n) is 21.9. The fourth-order valence-electron chi connectivity index (χ4n) is 4.75.